The smallest absolute Gasteiger partial charge is 0.184 e. The van der Waals surface area contributed by atoms with Crippen LogP contribution in [0.1, 0.15) is 37.3 Å². The van der Waals surface area contributed by atoms with Crippen LogP contribution in [0.15, 0.2) is 0 Å². The van der Waals surface area contributed by atoms with Crippen molar-refractivity contribution in [2.24, 2.45) is 0 Å². The number of nitrogen functional groups attached to an aromatic ring is 1. The molecule has 1 aromatic carbocycles. The molecular weight excluding hydrogens is 203 g/mol. The SMILES string of the molecule is CCC(C)c1c(C)c(F)c(F)c(N)c1F. The lowest BCUT2D eigenvalue weighted by Crippen LogP contribution is -2.09. The Morgan fingerprint density at radius 3 is 2.13 bits per heavy atom. The van der Waals surface area contributed by atoms with Gasteiger partial charge in [0.15, 0.2) is 17.5 Å². The molecule has 1 aromatic rings. The normalized spacial score (nSPS) is 12.9. The summed E-state index contributed by atoms with van der Waals surface area (Å²) in [5.41, 5.74) is 4.61. The largest absolute Gasteiger partial charge is 0.394 e. The molecule has 0 aliphatic heterocycles. The standard InChI is InChI=1S/C11H14F3N/c1-4-5(2)7-6(3)8(12)10(14)11(15)9(7)13/h5H,4,15H2,1-3H3. The second kappa shape index (κ2) is 4.13. The van der Waals surface area contributed by atoms with Crippen molar-refractivity contribution in [2.45, 2.75) is 33.1 Å². The number of hydrogen-bond acceptors (Lipinski definition) is 1. The van der Waals surface area contributed by atoms with Crippen molar-refractivity contribution < 1.29 is 13.2 Å². The van der Waals surface area contributed by atoms with E-state index in [0.29, 0.717) is 6.42 Å². The zero-order valence-corrected chi connectivity index (χ0v) is 9.00. The van der Waals surface area contributed by atoms with Crippen LogP contribution in [0.4, 0.5) is 18.9 Å². The molecule has 0 bridgehead atoms. The summed E-state index contributed by atoms with van der Waals surface area (Å²) in [4.78, 5) is 0. The number of halogens is 3. The molecule has 1 atom stereocenters. The minimum absolute atomic E-state index is 0.00792. The van der Waals surface area contributed by atoms with Gasteiger partial charge < -0.3 is 5.73 Å². The van der Waals surface area contributed by atoms with Gasteiger partial charge in [0.1, 0.15) is 5.69 Å². The van der Waals surface area contributed by atoms with Crippen molar-refractivity contribution in [3.63, 3.8) is 0 Å². The molecule has 84 valence electrons. The van der Waals surface area contributed by atoms with Crippen LogP contribution in [-0.2, 0) is 0 Å². The highest BCUT2D eigenvalue weighted by atomic mass is 19.2. The van der Waals surface area contributed by atoms with Crippen molar-refractivity contribution in [3.05, 3.63) is 28.6 Å². The van der Waals surface area contributed by atoms with E-state index < -0.39 is 23.1 Å². The van der Waals surface area contributed by atoms with Crippen LogP contribution in [0, 0.1) is 24.4 Å². The van der Waals surface area contributed by atoms with Gasteiger partial charge in [-0.15, -0.1) is 0 Å². The first kappa shape index (κ1) is 11.9. The second-order valence-electron chi connectivity index (χ2n) is 3.70. The number of rotatable bonds is 2. The molecule has 15 heavy (non-hydrogen) atoms. The molecule has 0 spiro atoms. The zero-order chi connectivity index (χ0) is 11.7. The summed E-state index contributed by atoms with van der Waals surface area (Å²) in [5.74, 6) is -3.36. The predicted octanol–water partition coefficient (Wildman–Crippen LogP) is 3.51. The Hall–Kier alpha value is -1.19. The van der Waals surface area contributed by atoms with Gasteiger partial charge in [0.2, 0.25) is 0 Å². The summed E-state index contributed by atoms with van der Waals surface area (Å²) in [6.07, 6.45) is 0.641. The topological polar surface area (TPSA) is 26.0 Å². The number of benzene rings is 1. The van der Waals surface area contributed by atoms with Crippen LogP contribution in [-0.4, -0.2) is 0 Å². The van der Waals surface area contributed by atoms with E-state index in [1.54, 1.807) is 6.92 Å². The summed E-state index contributed by atoms with van der Waals surface area (Å²) in [6, 6.07) is 0. The first-order valence-electron chi connectivity index (χ1n) is 4.84. The molecule has 2 N–H and O–H groups in total. The third kappa shape index (κ3) is 1.80. The van der Waals surface area contributed by atoms with Crippen molar-refractivity contribution >= 4 is 5.69 Å². The lowest BCUT2D eigenvalue weighted by Gasteiger charge is -2.16. The van der Waals surface area contributed by atoms with Gasteiger partial charge in [-0.1, -0.05) is 13.8 Å². The Kier molecular flexibility index (Phi) is 3.27. The number of hydrogen-bond donors (Lipinski definition) is 1. The van der Waals surface area contributed by atoms with Crippen LogP contribution in [0.25, 0.3) is 0 Å². The lowest BCUT2D eigenvalue weighted by atomic mass is 9.92. The summed E-state index contributed by atoms with van der Waals surface area (Å²) >= 11 is 0. The van der Waals surface area contributed by atoms with Gasteiger partial charge in [0.05, 0.1) is 0 Å². The molecule has 0 aliphatic rings. The Labute approximate surface area is 87.1 Å². The minimum atomic E-state index is -1.29. The molecule has 1 nitrogen and oxygen atoms in total. The number of nitrogens with two attached hydrogens (primary N) is 1. The van der Waals surface area contributed by atoms with E-state index in [0.717, 1.165) is 0 Å². The van der Waals surface area contributed by atoms with Crippen molar-refractivity contribution in [3.8, 4) is 0 Å². The molecule has 1 unspecified atom stereocenters. The van der Waals surface area contributed by atoms with E-state index in [9.17, 15) is 13.2 Å². The Balaban J connectivity index is 3.52. The van der Waals surface area contributed by atoms with Crippen LogP contribution in [0.2, 0.25) is 0 Å². The first-order valence-corrected chi connectivity index (χ1v) is 4.84. The van der Waals surface area contributed by atoms with E-state index >= 15 is 0 Å². The summed E-state index contributed by atoms with van der Waals surface area (Å²) in [6.45, 7) is 4.96. The molecule has 0 saturated heterocycles. The third-order valence-electron chi connectivity index (χ3n) is 2.74. The van der Waals surface area contributed by atoms with E-state index in [-0.39, 0.29) is 17.0 Å². The molecule has 0 amide bonds. The van der Waals surface area contributed by atoms with Crippen LogP contribution < -0.4 is 5.73 Å². The predicted molar refractivity (Wildman–Crippen MR) is 54.2 cm³/mol. The van der Waals surface area contributed by atoms with E-state index in [4.69, 9.17) is 5.73 Å². The summed E-state index contributed by atoms with van der Waals surface area (Å²) in [5, 5.41) is 0. The maximum Gasteiger partial charge on any atom is 0.184 e. The maximum absolute atomic E-state index is 13.6. The van der Waals surface area contributed by atoms with Gasteiger partial charge >= 0.3 is 0 Å². The molecule has 0 aliphatic carbocycles. The monoisotopic (exact) mass is 217 g/mol. The van der Waals surface area contributed by atoms with Gasteiger partial charge in [-0.25, -0.2) is 13.2 Å². The van der Waals surface area contributed by atoms with Gasteiger partial charge in [0, 0.05) is 0 Å². The quantitative estimate of drug-likeness (QED) is 0.595. The molecule has 0 saturated carbocycles. The van der Waals surface area contributed by atoms with Gasteiger partial charge in [-0.2, -0.15) is 0 Å². The van der Waals surface area contributed by atoms with Crippen molar-refractivity contribution in [1.82, 2.24) is 0 Å². The van der Waals surface area contributed by atoms with Crippen LogP contribution in [0.5, 0.6) is 0 Å². The van der Waals surface area contributed by atoms with Gasteiger partial charge in [-0.05, 0) is 30.4 Å². The third-order valence-corrected chi connectivity index (χ3v) is 2.74. The molecule has 1 rings (SSSR count). The molecular formula is C11H14F3N. The van der Waals surface area contributed by atoms with Crippen LogP contribution >= 0.6 is 0 Å². The first-order chi connectivity index (χ1) is 6.91. The van der Waals surface area contributed by atoms with Crippen molar-refractivity contribution in [2.75, 3.05) is 5.73 Å². The molecule has 4 heteroatoms. The zero-order valence-electron chi connectivity index (χ0n) is 9.00. The average Bonchev–Trinajstić information content (AvgIpc) is 2.23. The highest BCUT2D eigenvalue weighted by Gasteiger charge is 2.23. The average molecular weight is 217 g/mol. The van der Waals surface area contributed by atoms with Gasteiger partial charge in [0.25, 0.3) is 0 Å². The molecule has 0 radical (unpaired) electrons. The highest BCUT2D eigenvalue weighted by Crippen LogP contribution is 2.32. The highest BCUT2D eigenvalue weighted by molar-refractivity contribution is 5.49. The Morgan fingerprint density at radius 2 is 1.67 bits per heavy atom. The fourth-order valence-electron chi connectivity index (χ4n) is 1.60. The Bertz CT molecular complexity index is 359. The summed E-state index contributed by atoms with van der Waals surface area (Å²) < 4.78 is 40.0. The maximum atomic E-state index is 13.6. The second-order valence-corrected chi connectivity index (χ2v) is 3.70. The fourth-order valence-corrected chi connectivity index (χ4v) is 1.60. The van der Waals surface area contributed by atoms with Crippen molar-refractivity contribution in [1.29, 1.82) is 0 Å². The molecule has 0 fully saturated rings. The minimum Gasteiger partial charge on any atom is -0.394 e. The number of anilines is 1. The summed E-state index contributed by atoms with van der Waals surface area (Å²) in [7, 11) is 0. The van der Waals surface area contributed by atoms with E-state index in [1.807, 2.05) is 6.92 Å². The molecule has 0 aromatic heterocycles. The lowest BCUT2D eigenvalue weighted by molar-refractivity contribution is 0.483. The van der Waals surface area contributed by atoms with E-state index in [1.165, 1.54) is 6.92 Å². The fraction of sp³-hybridized carbons (Fsp3) is 0.455. The van der Waals surface area contributed by atoms with Crippen LogP contribution in [0.3, 0.4) is 0 Å². The molecule has 0 heterocycles. The van der Waals surface area contributed by atoms with Gasteiger partial charge in [-0.3, -0.25) is 0 Å². The van der Waals surface area contributed by atoms with E-state index in [2.05, 4.69) is 0 Å². The Morgan fingerprint density at radius 1 is 1.13 bits per heavy atom.